The number of benzene rings is 2. The number of aliphatic hydroxyl groups is 1. The van der Waals surface area contributed by atoms with Crippen LogP contribution in [0.15, 0.2) is 60.2 Å². The Morgan fingerprint density at radius 2 is 1.84 bits per heavy atom. The number of rotatable bonds is 6. The number of aromatic nitrogens is 1. The summed E-state index contributed by atoms with van der Waals surface area (Å²) in [6, 6.07) is 11.9. The van der Waals surface area contributed by atoms with Gasteiger partial charge in [0.15, 0.2) is 6.10 Å². The molecule has 2 fully saturated rings. The van der Waals surface area contributed by atoms with Crippen LogP contribution in [0.25, 0.3) is 10.9 Å². The lowest BCUT2D eigenvalue weighted by Crippen LogP contribution is -2.81. The molecule has 1 aliphatic carbocycles. The SMILES string of the molecule is CCC1=C[C@H]2CN(C1)Cc1c([nH]c3ccccc13)[C@@](C(C)=O)(c1cc3c(cc1C)N(C)[C@H]1[C@@](O)(C(=O)OC)[C@H](OC(C)=O)[C@@]4(CC)C=CCN5CC[C@]31[C@H]54)C2. The van der Waals surface area contributed by atoms with E-state index in [0.717, 1.165) is 71.6 Å². The van der Waals surface area contributed by atoms with Crippen LogP contribution in [0.2, 0.25) is 0 Å². The van der Waals surface area contributed by atoms with Gasteiger partial charge in [-0.25, -0.2) is 4.79 Å². The second-order valence-corrected chi connectivity index (χ2v) is 17.4. The van der Waals surface area contributed by atoms with Crippen LogP contribution in [0.1, 0.15) is 81.3 Å². The molecular formula is C45H54N4O6. The minimum absolute atomic E-state index is 0.0930. The first-order chi connectivity index (χ1) is 26.3. The van der Waals surface area contributed by atoms with Gasteiger partial charge in [0.2, 0.25) is 5.60 Å². The number of likely N-dealkylation sites (N-methyl/N-ethyl adjacent to an activating group) is 1. The molecule has 1 unspecified atom stereocenters. The summed E-state index contributed by atoms with van der Waals surface area (Å²) in [6.45, 7) is 13.5. The van der Waals surface area contributed by atoms with Crippen LogP contribution in [0.4, 0.5) is 5.69 Å². The zero-order valence-corrected chi connectivity index (χ0v) is 33.2. The van der Waals surface area contributed by atoms with Crippen LogP contribution in [0.5, 0.6) is 0 Å². The monoisotopic (exact) mass is 746 g/mol. The molecule has 10 heteroatoms. The fourth-order valence-corrected chi connectivity index (χ4v) is 13.0. The van der Waals surface area contributed by atoms with E-state index in [1.54, 1.807) is 6.92 Å². The Morgan fingerprint density at radius 1 is 1.05 bits per heavy atom. The summed E-state index contributed by atoms with van der Waals surface area (Å²) < 4.78 is 11.6. The highest BCUT2D eigenvalue weighted by molar-refractivity contribution is 5.97. The number of H-pyrrole nitrogens is 1. The predicted octanol–water partition coefficient (Wildman–Crippen LogP) is 5.47. The van der Waals surface area contributed by atoms with Crippen molar-refractivity contribution in [3.8, 4) is 0 Å². The zero-order valence-electron chi connectivity index (χ0n) is 33.2. The molecule has 0 radical (unpaired) electrons. The molecule has 55 heavy (non-hydrogen) atoms. The molecule has 1 saturated carbocycles. The van der Waals surface area contributed by atoms with E-state index in [1.165, 1.54) is 25.2 Å². The van der Waals surface area contributed by atoms with Crippen LogP contribution >= 0.6 is 0 Å². The molecule has 10 nitrogen and oxygen atoms in total. The van der Waals surface area contributed by atoms with E-state index in [1.807, 2.05) is 18.0 Å². The van der Waals surface area contributed by atoms with E-state index < -0.39 is 45.9 Å². The first-order valence-electron chi connectivity index (χ1n) is 20.1. The van der Waals surface area contributed by atoms with Crippen LogP contribution in [0.3, 0.4) is 0 Å². The van der Waals surface area contributed by atoms with Gasteiger partial charge in [-0.1, -0.05) is 61.9 Å². The van der Waals surface area contributed by atoms with Crippen molar-refractivity contribution in [1.29, 1.82) is 0 Å². The number of hydrogen-bond donors (Lipinski definition) is 2. The second kappa shape index (κ2) is 12.4. The average Bonchev–Trinajstić information content (AvgIpc) is 3.81. The molecular weight excluding hydrogens is 693 g/mol. The number of carbonyl (C=O) groups is 3. The van der Waals surface area contributed by atoms with Gasteiger partial charge in [0.1, 0.15) is 5.78 Å². The lowest BCUT2D eigenvalue weighted by Gasteiger charge is -2.63. The lowest BCUT2D eigenvalue weighted by molar-refractivity contribution is -0.228. The quantitative estimate of drug-likeness (QED) is 0.251. The number of aryl methyl sites for hydroxylation is 1. The molecule has 1 aromatic heterocycles. The number of Topliss-reactive ketones (excluding diaryl/α,β-unsaturated/α-hetero) is 1. The summed E-state index contributed by atoms with van der Waals surface area (Å²) >= 11 is 0. The summed E-state index contributed by atoms with van der Waals surface area (Å²) in [5, 5.41) is 14.4. The molecule has 3 aromatic rings. The third kappa shape index (κ3) is 4.56. The molecule has 9 atom stereocenters. The number of methoxy groups -OCH3 is 1. The third-order valence-electron chi connectivity index (χ3n) is 14.9. The summed E-state index contributed by atoms with van der Waals surface area (Å²) in [5.41, 5.74) is 3.59. The van der Waals surface area contributed by atoms with E-state index in [4.69, 9.17) is 9.47 Å². The Morgan fingerprint density at radius 3 is 2.55 bits per heavy atom. The number of nitrogens with one attached hydrogen (secondary N) is 1. The number of fused-ring (bicyclic) bond motifs is 6. The summed E-state index contributed by atoms with van der Waals surface area (Å²) in [5.74, 6) is -1.12. The largest absolute Gasteiger partial charge is 0.467 e. The Balaban J connectivity index is 1.34. The lowest BCUT2D eigenvalue weighted by atomic mass is 9.47. The molecule has 1 spiro atoms. The van der Waals surface area contributed by atoms with Crippen molar-refractivity contribution in [2.24, 2.45) is 11.3 Å². The Bertz CT molecular complexity index is 2210. The van der Waals surface area contributed by atoms with Crippen molar-refractivity contribution in [3.63, 3.8) is 0 Å². The molecule has 290 valence electrons. The number of ether oxygens (including phenoxy) is 2. The second-order valence-electron chi connectivity index (χ2n) is 17.4. The molecule has 2 N–H and O–H groups in total. The van der Waals surface area contributed by atoms with E-state index >= 15 is 0 Å². The smallest absolute Gasteiger partial charge is 0.344 e. The standard InChI is InChI=1S/C45H54N4O6/c1-8-29-20-30-22-44(27(4)50,37-32(25-48(23-29)24-30)31-13-10-11-14-35(31)46-37)33-21-34-36(19-26(33)3)47(6)39-43(34)16-18-49-17-12-15-42(9-2,38(43)49)40(55-28(5)51)45(39,53)41(52)54-7/h10-15,19-21,30,38-40,46,53H,8-9,16-18,22-25H2,1-7H3/t30-,38-,39-,40-,42+,43-,44+,45+/m1/s1. The number of nitrogens with zero attached hydrogens (tertiary/aromatic N) is 3. The Hall–Kier alpha value is -4.25. The maximum absolute atomic E-state index is 15.0. The van der Waals surface area contributed by atoms with Crippen LogP contribution in [0, 0.1) is 18.3 Å². The zero-order chi connectivity index (χ0) is 38.8. The molecule has 6 heterocycles. The first kappa shape index (κ1) is 36.4. The van der Waals surface area contributed by atoms with E-state index in [2.05, 4.69) is 84.1 Å². The van der Waals surface area contributed by atoms with Gasteiger partial charge < -0.3 is 24.5 Å². The highest BCUT2D eigenvalue weighted by atomic mass is 16.6. The molecule has 0 amide bonds. The van der Waals surface area contributed by atoms with E-state index in [-0.39, 0.29) is 17.7 Å². The van der Waals surface area contributed by atoms with Crippen molar-refractivity contribution < 1.29 is 29.0 Å². The molecule has 2 bridgehead atoms. The van der Waals surface area contributed by atoms with Crippen molar-refractivity contribution >= 4 is 34.3 Å². The number of esters is 2. The molecule has 1 saturated heterocycles. The number of anilines is 1. The van der Waals surface area contributed by atoms with E-state index in [9.17, 15) is 19.5 Å². The topological polar surface area (TPSA) is 115 Å². The number of carbonyl (C=O) groups excluding carboxylic acids is 3. The van der Waals surface area contributed by atoms with Gasteiger partial charge in [0.25, 0.3) is 0 Å². The minimum Gasteiger partial charge on any atom is -0.467 e. The van der Waals surface area contributed by atoms with Gasteiger partial charge in [-0.2, -0.15) is 0 Å². The minimum atomic E-state index is -2.21. The maximum atomic E-state index is 15.0. The Kier molecular flexibility index (Phi) is 8.19. The van der Waals surface area contributed by atoms with Crippen molar-refractivity contribution in [1.82, 2.24) is 14.8 Å². The fourth-order valence-electron chi connectivity index (χ4n) is 13.0. The van der Waals surface area contributed by atoms with Crippen LogP contribution < -0.4 is 4.90 Å². The Labute approximate surface area is 323 Å². The van der Waals surface area contributed by atoms with Gasteiger partial charge in [-0.3, -0.25) is 19.4 Å². The number of hydrogen-bond acceptors (Lipinski definition) is 9. The molecule has 9 rings (SSSR count). The van der Waals surface area contributed by atoms with Gasteiger partial charge in [-0.15, -0.1) is 0 Å². The van der Waals surface area contributed by atoms with Gasteiger partial charge in [-0.05, 0) is 86.4 Å². The highest BCUT2D eigenvalue weighted by Crippen LogP contribution is 2.68. The maximum Gasteiger partial charge on any atom is 0.344 e. The van der Waals surface area contributed by atoms with E-state index in [0.29, 0.717) is 25.8 Å². The van der Waals surface area contributed by atoms with Gasteiger partial charge in [0, 0.05) is 79.3 Å². The average molecular weight is 747 g/mol. The van der Waals surface area contributed by atoms with Crippen molar-refractivity contribution in [3.05, 3.63) is 88.1 Å². The summed E-state index contributed by atoms with van der Waals surface area (Å²) in [4.78, 5) is 53.1. The number of aromatic amines is 1. The number of ketones is 1. The van der Waals surface area contributed by atoms with Crippen LogP contribution in [-0.4, -0.2) is 102 Å². The van der Waals surface area contributed by atoms with Gasteiger partial charge in [0.05, 0.1) is 18.6 Å². The molecule has 6 aliphatic rings. The third-order valence-corrected chi connectivity index (χ3v) is 14.9. The molecule has 5 aliphatic heterocycles. The first-order valence-corrected chi connectivity index (χ1v) is 20.1. The normalized spacial score (nSPS) is 35.9. The predicted molar refractivity (Wildman–Crippen MR) is 211 cm³/mol. The van der Waals surface area contributed by atoms with Gasteiger partial charge >= 0.3 is 11.9 Å². The number of para-hydroxylation sites is 1. The summed E-state index contributed by atoms with van der Waals surface area (Å²) in [7, 11) is 3.23. The van der Waals surface area contributed by atoms with Crippen molar-refractivity contribution in [2.45, 2.75) is 101 Å². The molecule has 2 aromatic carbocycles. The summed E-state index contributed by atoms with van der Waals surface area (Å²) in [6.07, 6.45) is 8.21. The van der Waals surface area contributed by atoms with Crippen LogP contribution in [-0.2, 0) is 41.2 Å². The highest BCUT2D eigenvalue weighted by Gasteiger charge is 2.80. The van der Waals surface area contributed by atoms with Crippen molar-refractivity contribution in [2.75, 3.05) is 45.2 Å². The fraction of sp³-hybridized carbons (Fsp3) is 0.533.